The maximum absolute atomic E-state index is 11.7. The van der Waals surface area contributed by atoms with Crippen molar-refractivity contribution in [2.75, 3.05) is 32.8 Å². The number of rotatable bonds is 5. The summed E-state index contributed by atoms with van der Waals surface area (Å²) < 4.78 is 10.7. The number of carbonyl (C=O) groups is 1. The van der Waals surface area contributed by atoms with Gasteiger partial charge in [0.15, 0.2) is 0 Å². The lowest BCUT2D eigenvalue weighted by Crippen LogP contribution is -3.00. The van der Waals surface area contributed by atoms with Crippen LogP contribution in [0.25, 0.3) is 6.08 Å². The number of ether oxygens (including phenoxy) is 2. The van der Waals surface area contributed by atoms with Gasteiger partial charge in [-0.1, -0.05) is 30.3 Å². The average Bonchev–Trinajstić information content (AvgIpc) is 2.47. The van der Waals surface area contributed by atoms with Gasteiger partial charge in [-0.05, 0) is 18.6 Å². The van der Waals surface area contributed by atoms with Crippen molar-refractivity contribution in [2.45, 2.75) is 13.0 Å². The van der Waals surface area contributed by atoms with Crippen LogP contribution in [0, 0.1) is 0 Å². The van der Waals surface area contributed by atoms with Crippen LogP contribution in [-0.2, 0) is 14.3 Å². The second kappa shape index (κ2) is 9.55. The standard InChI is InChI=1S/C16H21NO3.ClH/c1-14(13-17-9-11-19-12-10-17)20-16(18)8-7-15-5-3-2-4-6-15;/h2-8,14H,9-13H2,1H3;1H/p-1. The topological polar surface area (TPSA) is 38.8 Å². The van der Waals surface area contributed by atoms with Gasteiger partial charge in [-0.3, -0.25) is 4.90 Å². The molecule has 1 fully saturated rings. The summed E-state index contributed by atoms with van der Waals surface area (Å²) >= 11 is 0. The number of nitrogens with zero attached hydrogens (tertiary/aromatic N) is 1. The van der Waals surface area contributed by atoms with E-state index in [0.717, 1.165) is 38.4 Å². The van der Waals surface area contributed by atoms with Crippen molar-refractivity contribution < 1.29 is 26.7 Å². The molecule has 0 amide bonds. The summed E-state index contributed by atoms with van der Waals surface area (Å²) in [6.07, 6.45) is 3.13. The molecule has 1 aromatic carbocycles. The zero-order valence-electron chi connectivity index (χ0n) is 12.2. The molecule has 0 spiro atoms. The first-order chi connectivity index (χ1) is 9.74. The number of morpholine rings is 1. The minimum atomic E-state index is -0.297. The highest BCUT2D eigenvalue weighted by atomic mass is 35.5. The Bertz CT molecular complexity index is 444. The summed E-state index contributed by atoms with van der Waals surface area (Å²) in [5.41, 5.74) is 0.991. The van der Waals surface area contributed by atoms with Crippen LogP contribution in [0.3, 0.4) is 0 Å². The van der Waals surface area contributed by atoms with E-state index in [2.05, 4.69) is 4.90 Å². The SMILES string of the molecule is CC(CN1CCOCC1)OC(=O)C=Cc1ccccc1.[Cl-]. The molecule has 1 heterocycles. The molecule has 1 aromatic rings. The zero-order chi connectivity index (χ0) is 14.2. The molecule has 0 radical (unpaired) electrons. The molecule has 4 nitrogen and oxygen atoms in total. The summed E-state index contributed by atoms with van der Waals surface area (Å²) in [7, 11) is 0. The van der Waals surface area contributed by atoms with Crippen molar-refractivity contribution in [2.24, 2.45) is 0 Å². The van der Waals surface area contributed by atoms with Crippen LogP contribution in [0.1, 0.15) is 12.5 Å². The minimum Gasteiger partial charge on any atom is -1.00 e. The fraction of sp³-hybridized carbons (Fsp3) is 0.438. The lowest BCUT2D eigenvalue weighted by atomic mass is 10.2. The molecule has 1 aliphatic rings. The normalized spacial score (nSPS) is 17.2. The molecule has 0 aliphatic carbocycles. The molecule has 5 heteroatoms. The van der Waals surface area contributed by atoms with Crippen LogP contribution in [0.15, 0.2) is 36.4 Å². The fourth-order valence-electron chi connectivity index (χ4n) is 2.15. The number of hydrogen-bond acceptors (Lipinski definition) is 4. The number of carbonyl (C=O) groups excluding carboxylic acids is 1. The van der Waals surface area contributed by atoms with Crippen LogP contribution >= 0.6 is 0 Å². The lowest BCUT2D eigenvalue weighted by Gasteiger charge is -2.28. The summed E-state index contributed by atoms with van der Waals surface area (Å²) in [6, 6.07) is 9.71. The van der Waals surface area contributed by atoms with E-state index >= 15 is 0 Å². The summed E-state index contributed by atoms with van der Waals surface area (Å²) in [6.45, 7) is 6.00. The van der Waals surface area contributed by atoms with E-state index in [1.807, 2.05) is 37.3 Å². The Morgan fingerprint density at radius 1 is 1.33 bits per heavy atom. The molecule has 1 saturated heterocycles. The molecular weight excluding hydrogens is 290 g/mol. The Labute approximate surface area is 132 Å². The first-order valence-electron chi connectivity index (χ1n) is 6.98. The van der Waals surface area contributed by atoms with Gasteiger partial charge in [0.05, 0.1) is 13.2 Å². The van der Waals surface area contributed by atoms with Crippen molar-refractivity contribution in [1.29, 1.82) is 0 Å². The van der Waals surface area contributed by atoms with E-state index < -0.39 is 0 Å². The van der Waals surface area contributed by atoms with Crippen LogP contribution in [0.4, 0.5) is 0 Å². The minimum absolute atomic E-state index is 0. The third-order valence-corrected chi connectivity index (χ3v) is 3.15. The third-order valence-electron chi connectivity index (χ3n) is 3.15. The predicted molar refractivity (Wildman–Crippen MR) is 78.3 cm³/mol. The van der Waals surface area contributed by atoms with Crippen molar-refractivity contribution in [1.82, 2.24) is 4.90 Å². The summed E-state index contributed by atoms with van der Waals surface area (Å²) in [5.74, 6) is -0.297. The maximum Gasteiger partial charge on any atom is 0.331 e. The molecule has 1 atom stereocenters. The monoisotopic (exact) mass is 310 g/mol. The summed E-state index contributed by atoms with van der Waals surface area (Å²) in [5, 5.41) is 0. The highest BCUT2D eigenvalue weighted by Gasteiger charge is 2.15. The average molecular weight is 311 g/mol. The highest BCUT2D eigenvalue weighted by Crippen LogP contribution is 2.04. The molecular formula is C16H21ClNO3-. The number of benzene rings is 1. The smallest absolute Gasteiger partial charge is 0.331 e. The molecule has 2 rings (SSSR count). The fourth-order valence-corrected chi connectivity index (χ4v) is 2.15. The van der Waals surface area contributed by atoms with E-state index in [9.17, 15) is 4.79 Å². The van der Waals surface area contributed by atoms with Gasteiger partial charge < -0.3 is 21.9 Å². The van der Waals surface area contributed by atoms with Gasteiger partial charge >= 0.3 is 5.97 Å². The number of esters is 1. The summed E-state index contributed by atoms with van der Waals surface area (Å²) in [4.78, 5) is 14.0. The van der Waals surface area contributed by atoms with Gasteiger partial charge in [0, 0.05) is 25.7 Å². The van der Waals surface area contributed by atoms with Crippen LogP contribution in [0.2, 0.25) is 0 Å². The number of halogens is 1. The second-order valence-corrected chi connectivity index (χ2v) is 4.90. The second-order valence-electron chi connectivity index (χ2n) is 4.90. The Kier molecular flexibility index (Phi) is 8.05. The maximum atomic E-state index is 11.7. The Hall–Kier alpha value is -1.36. The molecule has 0 bridgehead atoms. The van der Waals surface area contributed by atoms with Crippen LogP contribution in [0.5, 0.6) is 0 Å². The Balaban J connectivity index is 0.00000220. The van der Waals surface area contributed by atoms with E-state index in [1.54, 1.807) is 6.08 Å². The van der Waals surface area contributed by atoms with E-state index in [-0.39, 0.29) is 24.5 Å². The molecule has 1 unspecified atom stereocenters. The number of hydrogen-bond donors (Lipinski definition) is 0. The molecule has 0 saturated carbocycles. The Morgan fingerprint density at radius 3 is 2.67 bits per heavy atom. The largest absolute Gasteiger partial charge is 1.00 e. The molecule has 116 valence electrons. The molecule has 1 aliphatic heterocycles. The van der Waals surface area contributed by atoms with Gasteiger partial charge in [-0.15, -0.1) is 0 Å². The van der Waals surface area contributed by atoms with Crippen LogP contribution < -0.4 is 12.4 Å². The lowest BCUT2D eigenvalue weighted by molar-refractivity contribution is -0.143. The molecule has 21 heavy (non-hydrogen) atoms. The van der Waals surface area contributed by atoms with Gasteiger partial charge in [-0.2, -0.15) is 0 Å². The third kappa shape index (κ3) is 6.76. The molecule has 0 N–H and O–H groups in total. The predicted octanol–water partition coefficient (Wildman–Crippen LogP) is -1.03. The van der Waals surface area contributed by atoms with Crippen molar-refractivity contribution in [3.8, 4) is 0 Å². The first-order valence-corrected chi connectivity index (χ1v) is 6.98. The van der Waals surface area contributed by atoms with Gasteiger partial charge in [0.1, 0.15) is 6.10 Å². The zero-order valence-corrected chi connectivity index (χ0v) is 13.0. The van der Waals surface area contributed by atoms with E-state index in [1.165, 1.54) is 6.08 Å². The highest BCUT2D eigenvalue weighted by molar-refractivity contribution is 5.87. The van der Waals surface area contributed by atoms with Crippen molar-refractivity contribution in [3.05, 3.63) is 42.0 Å². The van der Waals surface area contributed by atoms with Gasteiger partial charge in [0.25, 0.3) is 0 Å². The quantitative estimate of drug-likeness (QED) is 0.515. The van der Waals surface area contributed by atoms with Crippen molar-refractivity contribution in [3.63, 3.8) is 0 Å². The van der Waals surface area contributed by atoms with E-state index in [0.29, 0.717) is 0 Å². The Morgan fingerprint density at radius 2 is 2.00 bits per heavy atom. The first kappa shape index (κ1) is 17.7. The van der Waals surface area contributed by atoms with Crippen molar-refractivity contribution >= 4 is 12.0 Å². The van der Waals surface area contributed by atoms with Gasteiger partial charge in [-0.25, -0.2) is 4.79 Å². The van der Waals surface area contributed by atoms with E-state index in [4.69, 9.17) is 9.47 Å². The van der Waals surface area contributed by atoms with Crippen LogP contribution in [-0.4, -0.2) is 49.8 Å². The molecule has 0 aromatic heterocycles. The van der Waals surface area contributed by atoms with Gasteiger partial charge in [0.2, 0.25) is 0 Å².